The highest BCUT2D eigenvalue weighted by Gasteiger charge is 2.25. The van der Waals surface area contributed by atoms with E-state index in [0.717, 1.165) is 22.0 Å². The first kappa shape index (κ1) is 20.1. The molecule has 1 fully saturated rings. The number of H-pyrrole nitrogens is 1. The van der Waals surface area contributed by atoms with Gasteiger partial charge in [-0.2, -0.15) is 0 Å². The molecule has 0 bridgehead atoms. The lowest BCUT2D eigenvalue weighted by Gasteiger charge is -2.34. The number of aromatic nitrogens is 2. The number of anilines is 1. The van der Waals surface area contributed by atoms with Crippen molar-refractivity contribution in [2.75, 3.05) is 31.1 Å². The molecule has 2 aromatic carbocycles. The summed E-state index contributed by atoms with van der Waals surface area (Å²) in [7, 11) is 0. The number of carbonyl (C=O) groups is 1. The van der Waals surface area contributed by atoms with Crippen LogP contribution in [0.25, 0.3) is 10.8 Å². The zero-order valence-electron chi connectivity index (χ0n) is 17.9. The van der Waals surface area contributed by atoms with Gasteiger partial charge in [-0.25, -0.2) is 4.98 Å². The maximum absolute atomic E-state index is 13.0. The summed E-state index contributed by atoms with van der Waals surface area (Å²) in [5.41, 5.74) is 2.40. The van der Waals surface area contributed by atoms with Crippen LogP contribution < -0.4 is 10.5 Å². The van der Waals surface area contributed by atoms with Gasteiger partial charge in [0.05, 0.1) is 12.0 Å². The number of benzene rings is 2. The normalized spacial score (nSPS) is 14.2. The van der Waals surface area contributed by atoms with Gasteiger partial charge in [0, 0.05) is 38.2 Å². The van der Waals surface area contributed by atoms with Crippen LogP contribution in [-0.4, -0.2) is 47.0 Å². The Morgan fingerprint density at radius 2 is 1.81 bits per heavy atom. The predicted octanol–water partition coefficient (Wildman–Crippen LogP) is 3.38. The van der Waals surface area contributed by atoms with Crippen molar-refractivity contribution in [3.63, 3.8) is 0 Å². The fourth-order valence-corrected chi connectivity index (χ4v) is 4.27. The number of amides is 1. The highest BCUT2D eigenvalue weighted by molar-refractivity contribution is 5.91. The van der Waals surface area contributed by atoms with Crippen LogP contribution in [0.5, 0.6) is 0 Å². The molecule has 0 spiro atoms. The number of hydrogen-bond acceptors (Lipinski definition) is 5. The van der Waals surface area contributed by atoms with E-state index in [1.165, 1.54) is 6.26 Å². The largest absolute Gasteiger partial charge is 0.459 e. The fourth-order valence-electron chi connectivity index (χ4n) is 4.27. The minimum absolute atomic E-state index is 0.113. The van der Waals surface area contributed by atoms with E-state index >= 15 is 0 Å². The van der Waals surface area contributed by atoms with Crippen molar-refractivity contribution >= 4 is 22.6 Å². The molecule has 0 atom stereocenters. The van der Waals surface area contributed by atoms with Gasteiger partial charge < -0.3 is 14.2 Å². The number of hydrogen-bond donors (Lipinski definition) is 1. The average Bonchev–Trinajstić information content (AvgIpc) is 3.36. The third-order valence-corrected chi connectivity index (χ3v) is 6.06. The highest BCUT2D eigenvalue weighted by atomic mass is 16.3. The number of carbonyl (C=O) groups excluding carboxylic acids is 1. The van der Waals surface area contributed by atoms with Gasteiger partial charge >= 0.3 is 0 Å². The molecule has 0 radical (unpaired) electrons. The van der Waals surface area contributed by atoms with E-state index in [-0.39, 0.29) is 11.5 Å². The van der Waals surface area contributed by atoms with Crippen LogP contribution in [0.4, 0.5) is 5.95 Å². The fraction of sp³-hybridized carbons (Fsp3) is 0.240. The smallest absolute Gasteiger partial charge is 0.289 e. The molecule has 0 aliphatic carbocycles. The van der Waals surface area contributed by atoms with Gasteiger partial charge in [-0.1, -0.05) is 42.5 Å². The lowest BCUT2D eigenvalue weighted by Crippen LogP contribution is -2.49. The van der Waals surface area contributed by atoms with E-state index in [1.54, 1.807) is 17.0 Å². The summed E-state index contributed by atoms with van der Waals surface area (Å²) >= 11 is 0. The molecule has 0 saturated carbocycles. The van der Waals surface area contributed by atoms with Crippen LogP contribution in [-0.2, 0) is 6.42 Å². The van der Waals surface area contributed by atoms with E-state index in [1.807, 2.05) is 30.0 Å². The highest BCUT2D eigenvalue weighted by Crippen LogP contribution is 2.22. The van der Waals surface area contributed by atoms with Crippen LogP contribution in [0, 0.1) is 6.92 Å². The van der Waals surface area contributed by atoms with Crippen LogP contribution in [0.15, 0.2) is 70.1 Å². The van der Waals surface area contributed by atoms with Gasteiger partial charge in [0.15, 0.2) is 5.76 Å². The van der Waals surface area contributed by atoms with E-state index in [0.29, 0.717) is 49.9 Å². The molecule has 162 valence electrons. The Morgan fingerprint density at radius 3 is 2.56 bits per heavy atom. The predicted molar refractivity (Wildman–Crippen MR) is 123 cm³/mol. The van der Waals surface area contributed by atoms with Crippen LogP contribution >= 0.6 is 0 Å². The summed E-state index contributed by atoms with van der Waals surface area (Å²) in [5.74, 6) is 0.788. The van der Waals surface area contributed by atoms with E-state index < -0.39 is 0 Å². The third kappa shape index (κ3) is 3.77. The van der Waals surface area contributed by atoms with Crippen molar-refractivity contribution in [1.29, 1.82) is 0 Å². The minimum atomic E-state index is -0.116. The average molecular weight is 428 g/mol. The Balaban J connectivity index is 1.33. The summed E-state index contributed by atoms with van der Waals surface area (Å²) in [6, 6.07) is 17.7. The monoisotopic (exact) mass is 428 g/mol. The zero-order chi connectivity index (χ0) is 22.1. The molecule has 7 nitrogen and oxygen atoms in total. The van der Waals surface area contributed by atoms with Crippen LogP contribution in [0.3, 0.4) is 0 Å². The number of furan rings is 1. The molecule has 7 heteroatoms. The molecule has 0 unspecified atom stereocenters. The van der Waals surface area contributed by atoms with Crippen molar-refractivity contribution in [2.45, 2.75) is 13.3 Å². The Kier molecular flexibility index (Phi) is 5.23. The van der Waals surface area contributed by atoms with E-state index in [4.69, 9.17) is 9.40 Å². The maximum Gasteiger partial charge on any atom is 0.289 e. The molecular formula is C25H24N4O3. The van der Waals surface area contributed by atoms with Gasteiger partial charge in [0.1, 0.15) is 0 Å². The number of fused-ring (bicyclic) bond motifs is 1. The second kappa shape index (κ2) is 8.34. The molecule has 3 heterocycles. The van der Waals surface area contributed by atoms with Gasteiger partial charge in [0.2, 0.25) is 5.95 Å². The topological polar surface area (TPSA) is 82.4 Å². The molecule has 1 aliphatic heterocycles. The first-order valence-electron chi connectivity index (χ1n) is 10.7. The maximum atomic E-state index is 13.0. The minimum Gasteiger partial charge on any atom is -0.459 e. The Labute approximate surface area is 185 Å². The van der Waals surface area contributed by atoms with E-state index in [9.17, 15) is 9.59 Å². The third-order valence-electron chi connectivity index (χ3n) is 6.06. The summed E-state index contributed by atoms with van der Waals surface area (Å²) in [5, 5.41) is 2.31. The molecule has 1 amide bonds. The number of piperazine rings is 1. The van der Waals surface area contributed by atoms with Crippen molar-refractivity contribution in [3.05, 3.63) is 93.8 Å². The van der Waals surface area contributed by atoms with Gasteiger partial charge in [-0.05, 0) is 35.4 Å². The van der Waals surface area contributed by atoms with E-state index in [2.05, 4.69) is 29.2 Å². The molecule has 1 aliphatic rings. The summed E-state index contributed by atoms with van der Waals surface area (Å²) in [6.07, 6.45) is 2.03. The van der Waals surface area contributed by atoms with Gasteiger partial charge in [-0.15, -0.1) is 0 Å². The number of nitrogens with zero attached hydrogens (tertiary/aromatic N) is 3. The summed E-state index contributed by atoms with van der Waals surface area (Å²) in [6.45, 7) is 4.16. The quantitative estimate of drug-likeness (QED) is 0.539. The second-order valence-electron chi connectivity index (χ2n) is 8.03. The standard InChI is InChI=1S/C25H24N4O3/c1-17-21(16-19-8-4-7-18-6-2-3-9-20(18)19)23(30)27-25(26-17)29-13-11-28(12-14-29)24(31)22-10-5-15-32-22/h2-10,15H,11-14,16H2,1H3,(H,26,27,30). The van der Waals surface area contributed by atoms with Gasteiger partial charge in [-0.3, -0.25) is 14.6 Å². The Hall–Kier alpha value is -3.87. The molecular weight excluding hydrogens is 404 g/mol. The molecule has 32 heavy (non-hydrogen) atoms. The SMILES string of the molecule is Cc1nc(N2CCN(C(=O)c3ccco3)CC2)[nH]c(=O)c1Cc1cccc2ccccc12. The number of rotatable bonds is 4. The van der Waals surface area contributed by atoms with Crippen LogP contribution in [0.2, 0.25) is 0 Å². The Morgan fingerprint density at radius 1 is 1.03 bits per heavy atom. The van der Waals surface area contributed by atoms with Crippen molar-refractivity contribution < 1.29 is 9.21 Å². The first-order chi connectivity index (χ1) is 15.6. The first-order valence-corrected chi connectivity index (χ1v) is 10.7. The molecule has 1 N–H and O–H groups in total. The second-order valence-corrected chi connectivity index (χ2v) is 8.03. The number of aromatic amines is 1. The van der Waals surface area contributed by atoms with Crippen molar-refractivity contribution in [2.24, 2.45) is 0 Å². The lowest BCUT2D eigenvalue weighted by atomic mass is 9.98. The molecule has 1 saturated heterocycles. The lowest BCUT2D eigenvalue weighted by molar-refractivity contribution is 0.0714. The molecule has 5 rings (SSSR count). The molecule has 2 aromatic heterocycles. The van der Waals surface area contributed by atoms with Gasteiger partial charge in [0.25, 0.3) is 11.5 Å². The number of nitrogens with one attached hydrogen (secondary N) is 1. The Bertz CT molecular complexity index is 1310. The van der Waals surface area contributed by atoms with Crippen molar-refractivity contribution in [1.82, 2.24) is 14.9 Å². The van der Waals surface area contributed by atoms with Crippen molar-refractivity contribution in [3.8, 4) is 0 Å². The molecule has 4 aromatic rings. The number of aryl methyl sites for hydroxylation is 1. The summed E-state index contributed by atoms with van der Waals surface area (Å²) in [4.78, 5) is 36.9. The zero-order valence-corrected chi connectivity index (χ0v) is 17.9. The van der Waals surface area contributed by atoms with Crippen LogP contribution in [0.1, 0.15) is 27.4 Å². The summed E-state index contributed by atoms with van der Waals surface area (Å²) < 4.78 is 5.22.